The van der Waals surface area contributed by atoms with Crippen LogP contribution in [-0.2, 0) is 16.1 Å². The third-order valence-corrected chi connectivity index (χ3v) is 3.39. The molecule has 0 saturated heterocycles. The van der Waals surface area contributed by atoms with Crippen molar-refractivity contribution in [3.05, 3.63) is 57.1 Å². The largest absolute Gasteiger partial charge is 0.457 e. The number of hydrogen-bond acceptors (Lipinski definition) is 4. The Kier molecular flexibility index (Phi) is 4.90. The smallest absolute Gasteiger partial charge is 0.331 e. The fourth-order valence-electron chi connectivity index (χ4n) is 1.70. The zero-order valence-electron chi connectivity index (χ0n) is 11.5. The molecule has 1 aromatic carbocycles. The van der Waals surface area contributed by atoms with Crippen LogP contribution in [0.15, 0.2) is 33.3 Å². The molecule has 6 heteroatoms. The van der Waals surface area contributed by atoms with E-state index in [2.05, 4.69) is 21.1 Å². The van der Waals surface area contributed by atoms with E-state index >= 15 is 0 Å². The van der Waals surface area contributed by atoms with Gasteiger partial charge in [0.25, 0.3) is 0 Å². The fourth-order valence-corrected chi connectivity index (χ4v) is 2.08. The van der Waals surface area contributed by atoms with Gasteiger partial charge < -0.3 is 9.26 Å². The molecule has 0 aliphatic heterocycles. The second kappa shape index (κ2) is 6.67. The molecule has 0 fully saturated rings. The topological polar surface area (TPSA) is 52.3 Å². The van der Waals surface area contributed by atoms with Crippen LogP contribution in [0.4, 0.5) is 4.39 Å². The zero-order valence-corrected chi connectivity index (χ0v) is 13.1. The molecule has 0 amide bonds. The molecule has 0 spiro atoms. The Bertz CT molecular complexity index is 675. The predicted octanol–water partition coefficient (Wildman–Crippen LogP) is 3.95. The molecule has 1 heterocycles. The summed E-state index contributed by atoms with van der Waals surface area (Å²) in [6, 6.07) is 4.48. The summed E-state index contributed by atoms with van der Waals surface area (Å²) in [7, 11) is 0. The molecule has 0 atom stereocenters. The van der Waals surface area contributed by atoms with Crippen molar-refractivity contribution >= 4 is 28.0 Å². The van der Waals surface area contributed by atoms with Crippen molar-refractivity contribution in [1.29, 1.82) is 0 Å². The van der Waals surface area contributed by atoms with E-state index in [0.29, 0.717) is 17.0 Å². The molecule has 0 saturated carbocycles. The average molecular weight is 354 g/mol. The van der Waals surface area contributed by atoms with Gasteiger partial charge in [-0.1, -0.05) is 21.1 Å². The molecular weight excluding hydrogens is 341 g/mol. The molecular formula is C15H13BrFNO3. The van der Waals surface area contributed by atoms with E-state index in [-0.39, 0.29) is 6.61 Å². The second-order valence-corrected chi connectivity index (χ2v) is 5.33. The van der Waals surface area contributed by atoms with Gasteiger partial charge in [0.2, 0.25) is 0 Å². The number of ether oxygens (including phenoxy) is 1. The predicted molar refractivity (Wildman–Crippen MR) is 78.9 cm³/mol. The maximum Gasteiger partial charge on any atom is 0.331 e. The second-order valence-electron chi connectivity index (χ2n) is 4.41. The van der Waals surface area contributed by atoms with Crippen molar-refractivity contribution in [2.75, 3.05) is 0 Å². The zero-order chi connectivity index (χ0) is 15.4. The Labute approximate surface area is 129 Å². The maximum atomic E-state index is 13.5. The van der Waals surface area contributed by atoms with Crippen molar-refractivity contribution in [2.24, 2.45) is 0 Å². The summed E-state index contributed by atoms with van der Waals surface area (Å²) in [6.07, 6.45) is 2.55. The molecule has 0 bridgehead atoms. The van der Waals surface area contributed by atoms with Gasteiger partial charge in [0.1, 0.15) is 18.2 Å². The van der Waals surface area contributed by atoms with Crippen LogP contribution >= 0.6 is 15.9 Å². The highest BCUT2D eigenvalue weighted by Gasteiger charge is 2.10. The van der Waals surface area contributed by atoms with Gasteiger partial charge in [-0.15, -0.1) is 0 Å². The lowest BCUT2D eigenvalue weighted by molar-refractivity contribution is -0.138. The highest BCUT2D eigenvalue weighted by atomic mass is 79.9. The first kappa shape index (κ1) is 15.4. The number of nitrogens with zero attached hydrogens (tertiary/aromatic N) is 1. The number of benzene rings is 1. The van der Waals surface area contributed by atoms with E-state index in [0.717, 1.165) is 10.0 Å². The van der Waals surface area contributed by atoms with Crippen molar-refractivity contribution in [3.63, 3.8) is 0 Å². The minimum Gasteiger partial charge on any atom is -0.457 e. The summed E-state index contributed by atoms with van der Waals surface area (Å²) in [5.74, 6) is -0.357. The van der Waals surface area contributed by atoms with Crippen LogP contribution in [-0.4, -0.2) is 11.1 Å². The van der Waals surface area contributed by atoms with E-state index in [9.17, 15) is 9.18 Å². The van der Waals surface area contributed by atoms with Gasteiger partial charge >= 0.3 is 5.97 Å². The normalized spacial score (nSPS) is 11.0. The van der Waals surface area contributed by atoms with E-state index in [1.54, 1.807) is 26.0 Å². The van der Waals surface area contributed by atoms with E-state index in [1.165, 1.54) is 18.2 Å². The number of halogens is 2. The number of carbonyl (C=O) groups is 1. The number of rotatable bonds is 4. The lowest BCUT2D eigenvalue weighted by Crippen LogP contribution is -2.02. The van der Waals surface area contributed by atoms with Crippen LogP contribution in [0.3, 0.4) is 0 Å². The number of carbonyl (C=O) groups excluding carboxylic acids is 1. The molecule has 0 unspecified atom stereocenters. The van der Waals surface area contributed by atoms with Crippen molar-refractivity contribution in [3.8, 4) is 0 Å². The number of esters is 1. The standard InChI is InChI=1S/C15H13BrFNO3/c1-9-13(10(2)21-18-9)8-20-15(19)6-3-11-7-12(16)4-5-14(11)17/h3-7H,8H2,1-2H3/b6-3+. The molecule has 21 heavy (non-hydrogen) atoms. The Balaban J connectivity index is 1.99. The van der Waals surface area contributed by atoms with Crippen molar-refractivity contribution < 1.29 is 18.4 Å². The Morgan fingerprint density at radius 2 is 2.24 bits per heavy atom. The van der Waals surface area contributed by atoms with Gasteiger partial charge in [-0.25, -0.2) is 9.18 Å². The minimum atomic E-state index is -0.561. The molecule has 4 nitrogen and oxygen atoms in total. The van der Waals surface area contributed by atoms with E-state index in [1.807, 2.05) is 0 Å². The fraction of sp³-hybridized carbons (Fsp3) is 0.200. The highest BCUT2D eigenvalue weighted by molar-refractivity contribution is 9.10. The first-order valence-electron chi connectivity index (χ1n) is 6.19. The van der Waals surface area contributed by atoms with Gasteiger partial charge in [-0.3, -0.25) is 0 Å². The summed E-state index contributed by atoms with van der Waals surface area (Å²) >= 11 is 3.24. The van der Waals surface area contributed by atoms with Gasteiger partial charge in [0.15, 0.2) is 0 Å². The van der Waals surface area contributed by atoms with Crippen LogP contribution in [0.25, 0.3) is 6.08 Å². The minimum absolute atomic E-state index is 0.0747. The van der Waals surface area contributed by atoms with Gasteiger partial charge in [-0.05, 0) is 38.1 Å². The third-order valence-electron chi connectivity index (χ3n) is 2.90. The Morgan fingerprint density at radius 1 is 1.48 bits per heavy atom. The maximum absolute atomic E-state index is 13.5. The molecule has 110 valence electrons. The number of hydrogen-bond donors (Lipinski definition) is 0. The third kappa shape index (κ3) is 4.01. The summed E-state index contributed by atoms with van der Waals surface area (Å²) in [4.78, 5) is 11.6. The quantitative estimate of drug-likeness (QED) is 0.616. The van der Waals surface area contributed by atoms with Crippen molar-refractivity contribution in [2.45, 2.75) is 20.5 Å². The van der Waals surface area contributed by atoms with E-state index in [4.69, 9.17) is 9.26 Å². The molecule has 2 aromatic rings. The summed E-state index contributed by atoms with van der Waals surface area (Å²) in [6.45, 7) is 3.59. The van der Waals surface area contributed by atoms with Gasteiger partial charge in [-0.2, -0.15) is 0 Å². The SMILES string of the molecule is Cc1noc(C)c1COC(=O)/C=C/c1cc(Br)ccc1F. The lowest BCUT2D eigenvalue weighted by Gasteiger charge is -2.01. The van der Waals surface area contributed by atoms with E-state index < -0.39 is 11.8 Å². The van der Waals surface area contributed by atoms with Crippen LogP contribution < -0.4 is 0 Å². The number of aromatic nitrogens is 1. The van der Waals surface area contributed by atoms with Crippen LogP contribution in [0.1, 0.15) is 22.6 Å². The summed E-state index contributed by atoms with van der Waals surface area (Å²) < 4.78 is 24.3. The molecule has 0 aliphatic rings. The van der Waals surface area contributed by atoms with Crippen LogP contribution in [0, 0.1) is 19.7 Å². The van der Waals surface area contributed by atoms with Crippen LogP contribution in [0.2, 0.25) is 0 Å². The van der Waals surface area contributed by atoms with Gasteiger partial charge in [0, 0.05) is 16.1 Å². The van der Waals surface area contributed by atoms with Crippen LogP contribution in [0.5, 0.6) is 0 Å². The highest BCUT2D eigenvalue weighted by Crippen LogP contribution is 2.17. The number of aryl methyl sites for hydroxylation is 2. The molecule has 0 aliphatic carbocycles. The first-order chi connectivity index (χ1) is 9.97. The van der Waals surface area contributed by atoms with Gasteiger partial charge in [0.05, 0.1) is 11.3 Å². The first-order valence-corrected chi connectivity index (χ1v) is 6.98. The molecule has 2 rings (SSSR count). The summed E-state index contributed by atoms with van der Waals surface area (Å²) in [5.41, 5.74) is 1.73. The van der Waals surface area contributed by atoms with Crippen molar-refractivity contribution in [1.82, 2.24) is 5.16 Å². The molecule has 0 radical (unpaired) electrons. The Morgan fingerprint density at radius 3 is 2.90 bits per heavy atom. The average Bonchev–Trinajstić information content (AvgIpc) is 2.77. The Hall–Kier alpha value is -1.95. The molecule has 1 aromatic heterocycles. The molecule has 0 N–H and O–H groups in total. The summed E-state index contributed by atoms with van der Waals surface area (Å²) in [5, 5.41) is 3.77. The monoisotopic (exact) mass is 353 g/mol. The lowest BCUT2D eigenvalue weighted by atomic mass is 10.2.